The van der Waals surface area contributed by atoms with Crippen molar-refractivity contribution < 1.29 is 32.9 Å². The van der Waals surface area contributed by atoms with E-state index < -0.39 is 18.2 Å². The SMILES string of the molecule is COc1cc2c(=O)oc3cc(OC(=O)COc4ccc(Cl)cc4Cl)ccc3c2c(OC)c1OC. The van der Waals surface area contributed by atoms with Crippen molar-refractivity contribution in [2.24, 2.45) is 0 Å². The van der Waals surface area contributed by atoms with Crippen LogP contribution in [0.2, 0.25) is 10.0 Å². The molecular formula is C24H18Cl2O8. The summed E-state index contributed by atoms with van der Waals surface area (Å²) in [5.41, 5.74) is -0.430. The number of benzene rings is 3. The van der Waals surface area contributed by atoms with Crippen molar-refractivity contribution in [3.8, 4) is 28.7 Å². The van der Waals surface area contributed by atoms with E-state index >= 15 is 0 Å². The van der Waals surface area contributed by atoms with Gasteiger partial charge in [-0.25, -0.2) is 9.59 Å². The van der Waals surface area contributed by atoms with Gasteiger partial charge >= 0.3 is 11.6 Å². The first-order chi connectivity index (χ1) is 16.4. The van der Waals surface area contributed by atoms with Crippen molar-refractivity contribution in [1.29, 1.82) is 0 Å². The highest BCUT2D eigenvalue weighted by Gasteiger charge is 2.21. The lowest BCUT2D eigenvalue weighted by Gasteiger charge is -2.15. The number of esters is 1. The highest BCUT2D eigenvalue weighted by atomic mass is 35.5. The quantitative estimate of drug-likeness (QED) is 0.145. The smallest absolute Gasteiger partial charge is 0.349 e. The summed E-state index contributed by atoms with van der Waals surface area (Å²) in [4.78, 5) is 25.0. The van der Waals surface area contributed by atoms with Crippen LogP contribution in [0.5, 0.6) is 28.7 Å². The molecule has 176 valence electrons. The number of carbonyl (C=O) groups is 1. The molecule has 4 aromatic rings. The number of hydrogen-bond acceptors (Lipinski definition) is 8. The topological polar surface area (TPSA) is 93.4 Å². The van der Waals surface area contributed by atoms with E-state index in [2.05, 4.69) is 0 Å². The van der Waals surface area contributed by atoms with Crippen LogP contribution >= 0.6 is 23.2 Å². The largest absolute Gasteiger partial charge is 0.493 e. The fraction of sp³-hybridized carbons (Fsp3) is 0.167. The van der Waals surface area contributed by atoms with E-state index in [4.69, 9.17) is 51.3 Å². The van der Waals surface area contributed by atoms with Gasteiger partial charge in [-0.15, -0.1) is 0 Å². The Kier molecular flexibility index (Phi) is 6.72. The van der Waals surface area contributed by atoms with Crippen LogP contribution in [0.4, 0.5) is 0 Å². The maximum Gasteiger partial charge on any atom is 0.349 e. The van der Waals surface area contributed by atoms with E-state index in [1.54, 1.807) is 24.3 Å². The minimum Gasteiger partial charge on any atom is -0.493 e. The van der Waals surface area contributed by atoms with Crippen LogP contribution in [0.1, 0.15) is 0 Å². The van der Waals surface area contributed by atoms with Gasteiger partial charge in [0.1, 0.15) is 17.1 Å². The molecule has 0 bridgehead atoms. The summed E-state index contributed by atoms with van der Waals surface area (Å²) < 4.78 is 32.5. The first-order valence-corrected chi connectivity index (χ1v) is 10.6. The molecule has 1 aromatic heterocycles. The van der Waals surface area contributed by atoms with E-state index in [9.17, 15) is 9.59 Å². The Balaban J connectivity index is 1.67. The van der Waals surface area contributed by atoms with E-state index in [0.717, 1.165) is 0 Å². The zero-order valence-electron chi connectivity index (χ0n) is 18.3. The van der Waals surface area contributed by atoms with Gasteiger partial charge in [0, 0.05) is 21.9 Å². The Labute approximate surface area is 203 Å². The maximum atomic E-state index is 12.7. The third-order valence-corrected chi connectivity index (χ3v) is 5.48. The molecule has 0 atom stereocenters. The summed E-state index contributed by atoms with van der Waals surface area (Å²) in [6.45, 7) is -0.397. The predicted molar refractivity (Wildman–Crippen MR) is 127 cm³/mol. The molecule has 0 aliphatic carbocycles. The molecule has 0 aliphatic rings. The summed E-state index contributed by atoms with van der Waals surface area (Å²) in [5, 5.41) is 1.99. The van der Waals surface area contributed by atoms with Crippen LogP contribution in [0.3, 0.4) is 0 Å². The minimum absolute atomic E-state index is 0.158. The summed E-state index contributed by atoms with van der Waals surface area (Å²) in [6.07, 6.45) is 0. The summed E-state index contributed by atoms with van der Waals surface area (Å²) >= 11 is 11.9. The molecule has 0 spiro atoms. The van der Waals surface area contributed by atoms with Crippen molar-refractivity contribution in [2.45, 2.75) is 0 Å². The molecule has 0 saturated carbocycles. The average molecular weight is 505 g/mol. The van der Waals surface area contributed by atoms with Crippen molar-refractivity contribution in [2.75, 3.05) is 27.9 Å². The molecule has 3 aromatic carbocycles. The fourth-order valence-corrected chi connectivity index (χ4v) is 3.95. The molecule has 0 amide bonds. The van der Waals surface area contributed by atoms with E-state index in [1.165, 1.54) is 39.5 Å². The molecular weight excluding hydrogens is 487 g/mol. The monoisotopic (exact) mass is 504 g/mol. The Morgan fingerprint density at radius 1 is 0.882 bits per heavy atom. The van der Waals surface area contributed by atoms with Gasteiger partial charge in [0.05, 0.1) is 31.7 Å². The highest BCUT2D eigenvalue weighted by Crippen LogP contribution is 2.45. The first-order valence-electron chi connectivity index (χ1n) is 9.84. The van der Waals surface area contributed by atoms with Crippen LogP contribution in [-0.4, -0.2) is 33.9 Å². The third-order valence-electron chi connectivity index (χ3n) is 4.95. The van der Waals surface area contributed by atoms with E-state index in [-0.39, 0.29) is 27.5 Å². The second-order valence-electron chi connectivity index (χ2n) is 6.95. The van der Waals surface area contributed by atoms with Crippen LogP contribution in [0, 0.1) is 0 Å². The second kappa shape index (κ2) is 9.70. The molecule has 0 radical (unpaired) electrons. The number of carbonyl (C=O) groups excluding carboxylic acids is 1. The molecule has 1 heterocycles. The zero-order chi connectivity index (χ0) is 24.4. The molecule has 0 saturated heterocycles. The predicted octanol–water partition coefficient (Wildman–Crippen LogP) is 5.26. The van der Waals surface area contributed by atoms with Crippen LogP contribution < -0.4 is 29.3 Å². The van der Waals surface area contributed by atoms with Gasteiger partial charge in [0.25, 0.3) is 0 Å². The average Bonchev–Trinajstić information content (AvgIpc) is 2.82. The van der Waals surface area contributed by atoms with E-state index in [1.807, 2.05) is 0 Å². The zero-order valence-corrected chi connectivity index (χ0v) is 19.8. The number of fused-ring (bicyclic) bond motifs is 3. The standard InChI is InChI=1S/C24H18Cl2O8/c1-29-19-10-15-21(23(31-3)22(19)30-2)14-6-5-13(9-18(14)34-24(15)28)33-20(27)11-32-17-7-4-12(25)8-16(17)26/h4-10H,11H2,1-3H3. The molecule has 8 nitrogen and oxygen atoms in total. The van der Waals surface area contributed by atoms with E-state index in [0.29, 0.717) is 33.0 Å². The van der Waals surface area contributed by atoms with Crippen molar-refractivity contribution in [1.82, 2.24) is 0 Å². The van der Waals surface area contributed by atoms with Crippen LogP contribution in [0.15, 0.2) is 51.7 Å². The van der Waals surface area contributed by atoms with Crippen molar-refractivity contribution in [3.05, 3.63) is 62.9 Å². The van der Waals surface area contributed by atoms with Gasteiger partial charge in [-0.05, 0) is 36.4 Å². The Hall–Kier alpha value is -3.62. The fourth-order valence-electron chi connectivity index (χ4n) is 3.49. The lowest BCUT2D eigenvalue weighted by molar-refractivity contribution is -0.136. The Morgan fingerprint density at radius 3 is 2.32 bits per heavy atom. The number of rotatable bonds is 7. The maximum absolute atomic E-state index is 12.7. The highest BCUT2D eigenvalue weighted by molar-refractivity contribution is 6.35. The molecule has 0 unspecified atom stereocenters. The second-order valence-corrected chi connectivity index (χ2v) is 7.80. The minimum atomic E-state index is -0.683. The summed E-state index contributed by atoms with van der Waals surface area (Å²) in [7, 11) is 4.38. The number of methoxy groups -OCH3 is 3. The van der Waals surface area contributed by atoms with Gasteiger partial charge in [-0.2, -0.15) is 0 Å². The van der Waals surface area contributed by atoms with Crippen LogP contribution in [0.25, 0.3) is 21.7 Å². The normalized spacial score (nSPS) is 10.9. The lowest BCUT2D eigenvalue weighted by atomic mass is 10.0. The van der Waals surface area contributed by atoms with Gasteiger partial charge in [-0.1, -0.05) is 23.2 Å². The first kappa shape index (κ1) is 23.5. The van der Waals surface area contributed by atoms with Crippen LogP contribution in [-0.2, 0) is 4.79 Å². The lowest BCUT2D eigenvalue weighted by Crippen LogP contribution is -2.17. The van der Waals surface area contributed by atoms with Crippen molar-refractivity contribution in [3.63, 3.8) is 0 Å². The Bertz CT molecular complexity index is 1460. The molecule has 10 heteroatoms. The third kappa shape index (κ3) is 4.42. The number of halogens is 2. The number of ether oxygens (including phenoxy) is 5. The van der Waals surface area contributed by atoms with Gasteiger partial charge in [-0.3, -0.25) is 0 Å². The van der Waals surface area contributed by atoms with Gasteiger partial charge < -0.3 is 28.1 Å². The van der Waals surface area contributed by atoms with Gasteiger partial charge in [0.2, 0.25) is 5.75 Å². The molecule has 0 aliphatic heterocycles. The Morgan fingerprint density at radius 2 is 1.65 bits per heavy atom. The molecule has 0 N–H and O–H groups in total. The summed E-state index contributed by atoms with van der Waals surface area (Å²) in [6, 6.07) is 10.8. The van der Waals surface area contributed by atoms with Gasteiger partial charge in [0.15, 0.2) is 18.1 Å². The molecule has 0 fully saturated rings. The summed E-state index contributed by atoms with van der Waals surface area (Å²) in [5.74, 6) is 0.730. The molecule has 34 heavy (non-hydrogen) atoms. The number of hydrogen-bond donors (Lipinski definition) is 0. The molecule has 4 rings (SSSR count). The van der Waals surface area contributed by atoms with Crippen molar-refractivity contribution >= 4 is 50.9 Å².